The first kappa shape index (κ1) is 21.1. The van der Waals surface area contributed by atoms with Crippen LogP contribution in [0.5, 0.6) is 0 Å². The molecule has 0 spiro atoms. The molecule has 0 aliphatic heterocycles. The molecule has 2 aromatic carbocycles. The number of carbonyl (C=O) groups is 1. The second-order valence-electron chi connectivity index (χ2n) is 8.61. The van der Waals surface area contributed by atoms with E-state index in [4.69, 9.17) is 10.1 Å². The molecule has 1 N–H and O–H groups in total. The van der Waals surface area contributed by atoms with Crippen molar-refractivity contribution in [3.05, 3.63) is 78.0 Å². The number of aryl methyl sites for hydroxylation is 1. The van der Waals surface area contributed by atoms with Crippen molar-refractivity contribution in [1.82, 2.24) is 14.6 Å². The monoisotopic (exact) mass is 430 g/mol. The largest absolute Gasteiger partial charge is 0.325 e. The van der Waals surface area contributed by atoms with Gasteiger partial charge in [-0.05, 0) is 36.2 Å². The Morgan fingerprint density at radius 3 is 2.58 bits per heavy atom. The molecule has 0 saturated heterocycles. The van der Waals surface area contributed by atoms with Gasteiger partial charge in [-0.3, -0.25) is 4.79 Å². The van der Waals surface area contributed by atoms with E-state index < -0.39 is 5.41 Å². The SMILES string of the molecule is Cc1ccc(-c2cn3nc(SCc4ccccc4)ccc3n2)cc1NC(=O)C(C)(C)C. The molecule has 158 valence electrons. The molecule has 31 heavy (non-hydrogen) atoms. The fourth-order valence-corrected chi connectivity index (χ4v) is 3.85. The molecule has 0 saturated carbocycles. The van der Waals surface area contributed by atoms with E-state index in [2.05, 4.69) is 29.6 Å². The third-order valence-electron chi connectivity index (χ3n) is 4.99. The second kappa shape index (κ2) is 8.55. The Hall–Kier alpha value is -3.12. The Balaban J connectivity index is 1.57. The lowest BCUT2D eigenvalue weighted by Gasteiger charge is -2.19. The zero-order chi connectivity index (χ0) is 22.0. The van der Waals surface area contributed by atoms with E-state index in [1.54, 1.807) is 11.8 Å². The first-order chi connectivity index (χ1) is 14.8. The number of nitrogens with zero attached hydrogens (tertiary/aromatic N) is 3. The van der Waals surface area contributed by atoms with Gasteiger partial charge in [-0.15, -0.1) is 0 Å². The summed E-state index contributed by atoms with van der Waals surface area (Å²) in [6.07, 6.45) is 1.93. The van der Waals surface area contributed by atoms with Crippen LogP contribution in [0.25, 0.3) is 16.9 Å². The van der Waals surface area contributed by atoms with Gasteiger partial charge in [0.2, 0.25) is 5.91 Å². The molecule has 0 aliphatic rings. The maximum absolute atomic E-state index is 12.4. The Morgan fingerprint density at radius 1 is 1.06 bits per heavy atom. The molecule has 2 aromatic heterocycles. The van der Waals surface area contributed by atoms with Crippen LogP contribution in [0.3, 0.4) is 0 Å². The van der Waals surface area contributed by atoms with Gasteiger partial charge < -0.3 is 5.32 Å². The van der Waals surface area contributed by atoms with E-state index in [9.17, 15) is 4.79 Å². The quantitative estimate of drug-likeness (QED) is 0.396. The summed E-state index contributed by atoms with van der Waals surface area (Å²) in [5.41, 5.74) is 5.20. The number of hydrogen-bond donors (Lipinski definition) is 1. The van der Waals surface area contributed by atoms with Gasteiger partial charge in [0, 0.05) is 22.4 Å². The van der Waals surface area contributed by atoms with Crippen LogP contribution in [0.4, 0.5) is 5.69 Å². The van der Waals surface area contributed by atoms with Crippen molar-refractivity contribution < 1.29 is 4.79 Å². The standard InChI is InChI=1S/C25H26N4OS/c1-17-10-11-19(14-20(17)27-24(30)25(2,3)4)21-15-29-22(26-21)12-13-23(28-29)31-16-18-8-6-5-7-9-18/h5-15H,16H2,1-4H3,(H,27,30). The van der Waals surface area contributed by atoms with E-state index in [1.807, 2.05) is 74.8 Å². The highest BCUT2D eigenvalue weighted by molar-refractivity contribution is 7.98. The van der Waals surface area contributed by atoms with Gasteiger partial charge in [-0.1, -0.05) is 75.0 Å². The summed E-state index contributed by atoms with van der Waals surface area (Å²) in [6, 6.07) is 20.4. The lowest BCUT2D eigenvalue weighted by atomic mass is 9.95. The number of nitrogens with one attached hydrogen (secondary N) is 1. The fraction of sp³-hybridized carbons (Fsp3) is 0.240. The summed E-state index contributed by atoms with van der Waals surface area (Å²) >= 11 is 1.70. The summed E-state index contributed by atoms with van der Waals surface area (Å²) < 4.78 is 1.82. The summed E-state index contributed by atoms with van der Waals surface area (Å²) in [4.78, 5) is 17.2. The predicted molar refractivity (Wildman–Crippen MR) is 127 cm³/mol. The van der Waals surface area contributed by atoms with Crippen LogP contribution < -0.4 is 5.32 Å². The van der Waals surface area contributed by atoms with Crippen LogP contribution in [-0.2, 0) is 10.5 Å². The van der Waals surface area contributed by atoms with E-state index in [0.29, 0.717) is 0 Å². The number of carbonyl (C=O) groups excluding carboxylic acids is 1. The zero-order valence-corrected chi connectivity index (χ0v) is 19.0. The van der Waals surface area contributed by atoms with Crippen molar-refractivity contribution in [2.24, 2.45) is 5.41 Å². The minimum Gasteiger partial charge on any atom is -0.325 e. The molecule has 4 aromatic rings. The lowest BCUT2D eigenvalue weighted by molar-refractivity contribution is -0.123. The Labute approximate surface area is 186 Å². The van der Waals surface area contributed by atoms with Gasteiger partial charge in [0.25, 0.3) is 0 Å². The minimum atomic E-state index is -0.455. The molecule has 4 rings (SSSR count). The molecule has 0 aliphatic carbocycles. The first-order valence-electron chi connectivity index (χ1n) is 10.3. The fourth-order valence-electron chi connectivity index (χ4n) is 3.04. The van der Waals surface area contributed by atoms with Crippen LogP contribution in [-0.4, -0.2) is 20.5 Å². The summed E-state index contributed by atoms with van der Waals surface area (Å²) in [7, 11) is 0. The zero-order valence-electron chi connectivity index (χ0n) is 18.2. The van der Waals surface area contributed by atoms with Crippen molar-refractivity contribution in [2.45, 2.75) is 38.5 Å². The van der Waals surface area contributed by atoms with Gasteiger partial charge in [0.05, 0.1) is 11.9 Å². The predicted octanol–water partition coefficient (Wildman–Crippen LogP) is 5.98. The smallest absolute Gasteiger partial charge is 0.229 e. The van der Waals surface area contributed by atoms with Crippen molar-refractivity contribution in [3.63, 3.8) is 0 Å². The van der Waals surface area contributed by atoms with E-state index >= 15 is 0 Å². The highest BCUT2D eigenvalue weighted by Crippen LogP contribution is 2.27. The summed E-state index contributed by atoms with van der Waals surface area (Å²) in [5.74, 6) is 0.861. The molecule has 5 nitrogen and oxygen atoms in total. The maximum atomic E-state index is 12.4. The molecule has 0 unspecified atom stereocenters. The number of benzene rings is 2. The second-order valence-corrected chi connectivity index (χ2v) is 9.60. The first-order valence-corrected chi connectivity index (χ1v) is 11.2. The van der Waals surface area contributed by atoms with Crippen LogP contribution in [0.15, 0.2) is 71.9 Å². The number of fused-ring (bicyclic) bond motifs is 1. The molecular weight excluding hydrogens is 404 g/mol. The molecule has 6 heteroatoms. The van der Waals surface area contributed by atoms with E-state index in [1.165, 1.54) is 5.56 Å². The minimum absolute atomic E-state index is 0.00972. The van der Waals surface area contributed by atoms with Gasteiger partial charge in [-0.25, -0.2) is 9.50 Å². The molecule has 1 amide bonds. The maximum Gasteiger partial charge on any atom is 0.229 e. The molecule has 0 atom stereocenters. The number of aromatic nitrogens is 3. The van der Waals surface area contributed by atoms with Crippen LogP contribution >= 0.6 is 11.8 Å². The molecular formula is C25H26N4OS. The molecule has 0 radical (unpaired) electrons. The average Bonchev–Trinajstić information content (AvgIpc) is 3.17. The highest BCUT2D eigenvalue weighted by Gasteiger charge is 2.22. The lowest BCUT2D eigenvalue weighted by Crippen LogP contribution is -2.27. The van der Waals surface area contributed by atoms with E-state index in [0.717, 1.165) is 38.9 Å². The third-order valence-corrected chi connectivity index (χ3v) is 5.98. The normalized spacial score (nSPS) is 11.6. The number of hydrogen-bond acceptors (Lipinski definition) is 4. The van der Waals surface area contributed by atoms with Gasteiger partial charge in [0.15, 0.2) is 5.65 Å². The van der Waals surface area contributed by atoms with Gasteiger partial charge in [-0.2, -0.15) is 5.10 Å². The molecule has 2 heterocycles. The summed E-state index contributed by atoms with van der Waals surface area (Å²) in [5, 5.41) is 8.69. The Kier molecular flexibility index (Phi) is 5.83. The van der Waals surface area contributed by atoms with Crippen molar-refractivity contribution in [1.29, 1.82) is 0 Å². The van der Waals surface area contributed by atoms with Gasteiger partial charge in [0.1, 0.15) is 5.03 Å². The highest BCUT2D eigenvalue weighted by atomic mass is 32.2. The molecule has 0 bridgehead atoms. The number of thioether (sulfide) groups is 1. The van der Waals surface area contributed by atoms with Crippen LogP contribution in [0.2, 0.25) is 0 Å². The van der Waals surface area contributed by atoms with Gasteiger partial charge >= 0.3 is 0 Å². The summed E-state index contributed by atoms with van der Waals surface area (Å²) in [6.45, 7) is 7.71. The number of amides is 1. The van der Waals surface area contributed by atoms with Crippen LogP contribution in [0, 0.1) is 12.3 Å². The number of rotatable bonds is 5. The number of imidazole rings is 1. The number of anilines is 1. The third kappa shape index (κ3) is 4.97. The Morgan fingerprint density at radius 2 is 1.84 bits per heavy atom. The average molecular weight is 431 g/mol. The molecule has 0 fully saturated rings. The van der Waals surface area contributed by atoms with Crippen LogP contribution in [0.1, 0.15) is 31.9 Å². The van der Waals surface area contributed by atoms with Crippen molar-refractivity contribution in [3.8, 4) is 11.3 Å². The van der Waals surface area contributed by atoms with Crippen molar-refractivity contribution in [2.75, 3.05) is 5.32 Å². The topological polar surface area (TPSA) is 59.3 Å². The van der Waals surface area contributed by atoms with E-state index in [-0.39, 0.29) is 5.91 Å². The van der Waals surface area contributed by atoms with Crippen molar-refractivity contribution >= 4 is 29.0 Å². The Bertz CT molecular complexity index is 1230.